The highest BCUT2D eigenvalue weighted by Crippen LogP contribution is 2.39. The van der Waals surface area contributed by atoms with Crippen LogP contribution < -0.4 is 4.74 Å². The van der Waals surface area contributed by atoms with Crippen LogP contribution in [0.5, 0.6) is 5.75 Å². The number of esters is 1. The molecule has 134 valence electrons. The van der Waals surface area contributed by atoms with E-state index in [1.165, 1.54) is 0 Å². The van der Waals surface area contributed by atoms with Crippen LogP contribution in [0.25, 0.3) is 11.3 Å². The summed E-state index contributed by atoms with van der Waals surface area (Å²) in [4.78, 5) is 15.2. The standard InChI is InChI=1S/C15H9F6NO3/c1-24-13(23)10-5-6-22-12(11(10)14(16,17)18)8-3-2-4-9(7-8)25-15(19,20)21/h2-7H,1H3. The smallest absolute Gasteiger partial charge is 0.465 e. The van der Waals surface area contributed by atoms with Gasteiger partial charge in [-0.2, -0.15) is 13.2 Å². The molecule has 0 saturated heterocycles. The molecule has 4 nitrogen and oxygen atoms in total. The Kier molecular flexibility index (Phi) is 4.91. The SMILES string of the molecule is COC(=O)c1ccnc(-c2cccc(OC(F)(F)F)c2)c1C(F)(F)F. The predicted molar refractivity (Wildman–Crippen MR) is 72.7 cm³/mol. The molecule has 0 spiro atoms. The van der Waals surface area contributed by atoms with Gasteiger partial charge >= 0.3 is 18.5 Å². The lowest BCUT2D eigenvalue weighted by atomic mass is 10.0. The van der Waals surface area contributed by atoms with E-state index < -0.39 is 41.1 Å². The number of pyridine rings is 1. The first-order chi connectivity index (χ1) is 11.5. The van der Waals surface area contributed by atoms with Gasteiger partial charge in [0.05, 0.1) is 23.9 Å². The molecule has 0 N–H and O–H groups in total. The van der Waals surface area contributed by atoms with Crippen LogP contribution in [0.1, 0.15) is 15.9 Å². The summed E-state index contributed by atoms with van der Waals surface area (Å²) in [5.41, 5.74) is -3.24. The quantitative estimate of drug-likeness (QED) is 0.596. The average Bonchev–Trinajstić information content (AvgIpc) is 2.51. The van der Waals surface area contributed by atoms with Gasteiger partial charge < -0.3 is 9.47 Å². The van der Waals surface area contributed by atoms with Crippen molar-refractivity contribution in [2.75, 3.05) is 7.11 Å². The molecule has 0 saturated carbocycles. The van der Waals surface area contributed by atoms with Gasteiger partial charge in [-0.05, 0) is 18.2 Å². The van der Waals surface area contributed by atoms with Gasteiger partial charge in [0, 0.05) is 11.8 Å². The summed E-state index contributed by atoms with van der Waals surface area (Å²) in [6.45, 7) is 0. The van der Waals surface area contributed by atoms with E-state index in [-0.39, 0.29) is 5.56 Å². The van der Waals surface area contributed by atoms with E-state index >= 15 is 0 Å². The van der Waals surface area contributed by atoms with Crippen LogP contribution >= 0.6 is 0 Å². The van der Waals surface area contributed by atoms with Gasteiger partial charge in [-0.15, -0.1) is 13.2 Å². The fourth-order valence-electron chi connectivity index (χ4n) is 2.09. The maximum absolute atomic E-state index is 13.4. The summed E-state index contributed by atoms with van der Waals surface area (Å²) < 4.78 is 85.1. The zero-order valence-electron chi connectivity index (χ0n) is 12.4. The van der Waals surface area contributed by atoms with E-state index in [0.717, 1.165) is 43.6 Å². The van der Waals surface area contributed by atoms with Crippen LogP contribution in [-0.2, 0) is 10.9 Å². The number of alkyl halides is 6. The molecule has 25 heavy (non-hydrogen) atoms. The highest BCUT2D eigenvalue weighted by atomic mass is 19.4. The summed E-state index contributed by atoms with van der Waals surface area (Å²) in [5.74, 6) is -1.97. The van der Waals surface area contributed by atoms with Crippen LogP contribution in [0.3, 0.4) is 0 Å². The van der Waals surface area contributed by atoms with Crippen molar-refractivity contribution in [3.63, 3.8) is 0 Å². The zero-order chi connectivity index (χ0) is 18.8. The maximum atomic E-state index is 13.4. The van der Waals surface area contributed by atoms with Crippen molar-refractivity contribution in [2.45, 2.75) is 12.5 Å². The van der Waals surface area contributed by atoms with Crippen molar-refractivity contribution in [1.29, 1.82) is 0 Å². The van der Waals surface area contributed by atoms with E-state index in [4.69, 9.17) is 0 Å². The van der Waals surface area contributed by atoms with Gasteiger partial charge in [-0.3, -0.25) is 4.98 Å². The molecule has 1 heterocycles. The van der Waals surface area contributed by atoms with E-state index in [1.807, 2.05) is 0 Å². The molecule has 10 heteroatoms. The van der Waals surface area contributed by atoms with E-state index in [9.17, 15) is 31.1 Å². The Bertz CT molecular complexity index is 786. The Morgan fingerprint density at radius 3 is 2.32 bits per heavy atom. The van der Waals surface area contributed by atoms with Crippen LogP contribution in [0, 0.1) is 0 Å². The van der Waals surface area contributed by atoms with Gasteiger partial charge in [-0.1, -0.05) is 12.1 Å². The third-order valence-corrected chi connectivity index (χ3v) is 2.98. The van der Waals surface area contributed by atoms with Crippen molar-refractivity contribution in [3.05, 3.63) is 47.7 Å². The summed E-state index contributed by atoms with van der Waals surface area (Å²) >= 11 is 0. The second kappa shape index (κ2) is 6.61. The zero-order valence-corrected chi connectivity index (χ0v) is 12.4. The molecule has 0 aliphatic rings. The number of benzene rings is 1. The van der Waals surface area contributed by atoms with Gasteiger partial charge in [0.2, 0.25) is 0 Å². The van der Waals surface area contributed by atoms with Gasteiger partial charge in [0.1, 0.15) is 5.75 Å². The fourth-order valence-corrected chi connectivity index (χ4v) is 2.09. The minimum atomic E-state index is -5.01. The Balaban J connectivity index is 2.64. The molecule has 0 aliphatic heterocycles. The summed E-state index contributed by atoms with van der Waals surface area (Å²) in [6.07, 6.45) is -9.07. The Morgan fingerprint density at radius 2 is 1.76 bits per heavy atom. The maximum Gasteiger partial charge on any atom is 0.573 e. The number of nitrogens with zero attached hydrogens (tertiary/aromatic N) is 1. The lowest BCUT2D eigenvalue weighted by Crippen LogP contribution is -2.18. The van der Waals surface area contributed by atoms with Crippen molar-refractivity contribution in [1.82, 2.24) is 4.98 Å². The molecule has 1 aromatic heterocycles. The molecule has 0 amide bonds. The number of halogens is 6. The second-order valence-electron chi connectivity index (χ2n) is 4.65. The van der Waals surface area contributed by atoms with Crippen LogP contribution in [-0.4, -0.2) is 24.4 Å². The van der Waals surface area contributed by atoms with E-state index in [1.54, 1.807) is 0 Å². The van der Waals surface area contributed by atoms with Gasteiger partial charge in [0.25, 0.3) is 0 Å². The fraction of sp³-hybridized carbons (Fsp3) is 0.200. The van der Waals surface area contributed by atoms with E-state index in [0.29, 0.717) is 0 Å². The first-order valence-electron chi connectivity index (χ1n) is 6.53. The molecule has 0 radical (unpaired) electrons. The minimum absolute atomic E-state index is 0.306. The lowest BCUT2D eigenvalue weighted by molar-refractivity contribution is -0.274. The number of ether oxygens (including phenoxy) is 2. The highest BCUT2D eigenvalue weighted by molar-refractivity contribution is 5.93. The molecule has 2 rings (SSSR count). The third-order valence-electron chi connectivity index (χ3n) is 2.98. The molecule has 2 aromatic rings. The first kappa shape index (κ1) is 18.6. The van der Waals surface area contributed by atoms with Crippen molar-refractivity contribution < 1.29 is 40.6 Å². The largest absolute Gasteiger partial charge is 0.573 e. The van der Waals surface area contributed by atoms with Crippen LogP contribution in [0.2, 0.25) is 0 Å². The molecule has 0 fully saturated rings. The van der Waals surface area contributed by atoms with Gasteiger partial charge in [-0.25, -0.2) is 4.79 Å². The number of methoxy groups -OCH3 is 1. The number of carbonyl (C=O) groups excluding carboxylic acids is 1. The number of hydrogen-bond donors (Lipinski definition) is 0. The minimum Gasteiger partial charge on any atom is -0.465 e. The number of hydrogen-bond acceptors (Lipinski definition) is 4. The average molecular weight is 365 g/mol. The molecular weight excluding hydrogens is 356 g/mol. The van der Waals surface area contributed by atoms with Crippen molar-refractivity contribution >= 4 is 5.97 Å². The third kappa shape index (κ3) is 4.40. The lowest BCUT2D eigenvalue weighted by Gasteiger charge is -2.16. The normalized spacial score (nSPS) is 12.0. The molecule has 1 aromatic carbocycles. The molecule has 0 unspecified atom stereocenters. The molecule has 0 atom stereocenters. The Hall–Kier alpha value is -2.78. The van der Waals surface area contributed by atoms with E-state index in [2.05, 4.69) is 14.5 Å². The molecular formula is C15H9F6NO3. The topological polar surface area (TPSA) is 48.4 Å². The van der Waals surface area contributed by atoms with Crippen LogP contribution in [0.15, 0.2) is 36.5 Å². The summed E-state index contributed by atoms with van der Waals surface area (Å²) in [6, 6.07) is 4.67. The first-order valence-corrected chi connectivity index (χ1v) is 6.53. The van der Waals surface area contributed by atoms with Crippen LogP contribution in [0.4, 0.5) is 26.3 Å². The molecule has 0 aliphatic carbocycles. The predicted octanol–water partition coefficient (Wildman–Crippen LogP) is 4.45. The summed E-state index contributed by atoms with van der Waals surface area (Å²) in [7, 11) is 0.903. The number of carbonyl (C=O) groups is 1. The van der Waals surface area contributed by atoms with Crippen molar-refractivity contribution in [2.24, 2.45) is 0 Å². The van der Waals surface area contributed by atoms with Gasteiger partial charge in [0.15, 0.2) is 0 Å². The number of aromatic nitrogens is 1. The summed E-state index contributed by atoms with van der Waals surface area (Å²) in [5, 5.41) is 0. The monoisotopic (exact) mass is 365 g/mol. The van der Waals surface area contributed by atoms with Crippen molar-refractivity contribution in [3.8, 4) is 17.0 Å². The number of rotatable bonds is 3. The Morgan fingerprint density at radius 1 is 1.08 bits per heavy atom. The highest BCUT2D eigenvalue weighted by Gasteiger charge is 2.39. The molecule has 0 bridgehead atoms. The Labute approximate surface area is 137 Å². The second-order valence-corrected chi connectivity index (χ2v) is 4.65.